The van der Waals surface area contributed by atoms with E-state index in [1.807, 2.05) is 38.1 Å². The van der Waals surface area contributed by atoms with Gasteiger partial charge in [-0.3, -0.25) is 9.59 Å². The van der Waals surface area contributed by atoms with Crippen molar-refractivity contribution in [3.05, 3.63) is 63.6 Å². The molecular formula is C24H30Cl2N2O3. The maximum Gasteiger partial charge on any atom is 0.242 e. The molecule has 31 heavy (non-hydrogen) atoms. The zero-order chi connectivity index (χ0) is 22.8. The summed E-state index contributed by atoms with van der Waals surface area (Å²) in [5.41, 5.74) is 1.90. The van der Waals surface area contributed by atoms with Gasteiger partial charge in [0, 0.05) is 29.6 Å². The molecule has 0 spiro atoms. The minimum Gasteiger partial charge on any atom is -0.494 e. The summed E-state index contributed by atoms with van der Waals surface area (Å²) in [5.74, 6) is 0.462. The molecule has 1 atom stereocenters. The highest BCUT2D eigenvalue weighted by Crippen LogP contribution is 2.23. The number of nitrogens with one attached hydrogen (secondary N) is 1. The summed E-state index contributed by atoms with van der Waals surface area (Å²) in [6.07, 6.45) is 1.63. The van der Waals surface area contributed by atoms with Crippen LogP contribution >= 0.6 is 23.2 Å². The number of halogens is 2. The average molecular weight is 465 g/mol. The van der Waals surface area contributed by atoms with Crippen LogP contribution in [-0.4, -0.2) is 35.9 Å². The molecule has 0 heterocycles. The van der Waals surface area contributed by atoms with Gasteiger partial charge in [0.1, 0.15) is 11.8 Å². The van der Waals surface area contributed by atoms with Gasteiger partial charge >= 0.3 is 0 Å². The number of hydrogen-bond donors (Lipinski definition) is 1. The van der Waals surface area contributed by atoms with Crippen LogP contribution in [0.5, 0.6) is 5.75 Å². The molecule has 0 fully saturated rings. The zero-order valence-corrected chi connectivity index (χ0v) is 19.8. The third kappa shape index (κ3) is 8.08. The highest BCUT2D eigenvalue weighted by Gasteiger charge is 2.26. The molecule has 5 nitrogen and oxygen atoms in total. The van der Waals surface area contributed by atoms with Crippen molar-refractivity contribution >= 4 is 35.0 Å². The molecule has 0 aromatic heterocycles. The van der Waals surface area contributed by atoms with Gasteiger partial charge < -0.3 is 15.0 Å². The summed E-state index contributed by atoms with van der Waals surface area (Å²) in [6, 6.07) is 12.3. The minimum absolute atomic E-state index is 0.127. The number of carbonyl (C=O) groups is 2. The highest BCUT2D eigenvalue weighted by atomic mass is 35.5. The van der Waals surface area contributed by atoms with Crippen LogP contribution in [0.2, 0.25) is 10.0 Å². The SMILES string of the molecule is CCCNC(=O)C(C)N(Cc1ccc(Cl)cc1Cl)C(=O)CCCOc1ccc(C)cc1. The van der Waals surface area contributed by atoms with Crippen molar-refractivity contribution < 1.29 is 14.3 Å². The Morgan fingerprint density at radius 1 is 1.13 bits per heavy atom. The van der Waals surface area contributed by atoms with E-state index in [9.17, 15) is 9.59 Å². The van der Waals surface area contributed by atoms with Crippen LogP contribution in [0.15, 0.2) is 42.5 Å². The molecule has 168 valence electrons. The summed E-state index contributed by atoms with van der Waals surface area (Å²) in [7, 11) is 0. The summed E-state index contributed by atoms with van der Waals surface area (Å²) in [4.78, 5) is 27.1. The Kier molecular flexibility index (Phi) is 10.2. The molecule has 2 aromatic rings. The van der Waals surface area contributed by atoms with Crippen molar-refractivity contribution in [1.82, 2.24) is 10.2 Å². The Morgan fingerprint density at radius 2 is 1.84 bits per heavy atom. The van der Waals surface area contributed by atoms with E-state index in [1.165, 1.54) is 0 Å². The largest absolute Gasteiger partial charge is 0.494 e. The van der Waals surface area contributed by atoms with Crippen molar-refractivity contribution in [2.45, 2.75) is 52.6 Å². The van der Waals surface area contributed by atoms with Crippen LogP contribution in [0, 0.1) is 6.92 Å². The second kappa shape index (κ2) is 12.6. The Labute approximate surface area is 194 Å². The number of rotatable bonds is 11. The van der Waals surface area contributed by atoms with E-state index < -0.39 is 6.04 Å². The lowest BCUT2D eigenvalue weighted by Gasteiger charge is -2.29. The fourth-order valence-corrected chi connectivity index (χ4v) is 3.47. The molecule has 2 aromatic carbocycles. The standard InChI is InChI=1S/C24H30Cl2N2O3/c1-4-13-27-24(30)18(3)28(16-19-9-10-20(25)15-22(19)26)23(29)6-5-14-31-21-11-7-17(2)8-12-21/h7-12,15,18H,4-6,13-14,16H2,1-3H3,(H,27,30). The lowest BCUT2D eigenvalue weighted by atomic mass is 10.1. The first-order chi connectivity index (χ1) is 14.8. The molecule has 1 N–H and O–H groups in total. The van der Waals surface area contributed by atoms with Gasteiger partial charge in [-0.25, -0.2) is 0 Å². The van der Waals surface area contributed by atoms with Crippen LogP contribution in [0.3, 0.4) is 0 Å². The van der Waals surface area contributed by atoms with Gasteiger partial charge in [-0.15, -0.1) is 0 Å². The van der Waals surface area contributed by atoms with E-state index >= 15 is 0 Å². The summed E-state index contributed by atoms with van der Waals surface area (Å²) < 4.78 is 5.72. The third-order valence-electron chi connectivity index (χ3n) is 4.90. The minimum atomic E-state index is -0.621. The normalized spacial score (nSPS) is 11.6. The number of hydrogen-bond acceptors (Lipinski definition) is 3. The predicted octanol–water partition coefficient (Wildman–Crippen LogP) is 5.40. The van der Waals surface area contributed by atoms with Gasteiger partial charge in [0.2, 0.25) is 11.8 Å². The Hall–Kier alpha value is -2.24. The molecule has 0 saturated heterocycles. The molecule has 0 bridgehead atoms. The molecule has 2 rings (SSSR count). The fourth-order valence-electron chi connectivity index (χ4n) is 3.00. The van der Waals surface area contributed by atoms with E-state index in [0.29, 0.717) is 29.6 Å². The van der Waals surface area contributed by atoms with E-state index in [0.717, 1.165) is 23.3 Å². The summed E-state index contributed by atoms with van der Waals surface area (Å²) in [6.45, 7) is 6.94. The van der Waals surface area contributed by atoms with Gasteiger partial charge in [-0.1, -0.05) is 53.9 Å². The summed E-state index contributed by atoms with van der Waals surface area (Å²) in [5, 5.41) is 3.85. The molecular weight excluding hydrogens is 435 g/mol. The number of carbonyl (C=O) groups excluding carboxylic acids is 2. The van der Waals surface area contributed by atoms with Gasteiger partial charge in [0.05, 0.1) is 6.61 Å². The number of nitrogens with zero attached hydrogens (tertiary/aromatic N) is 1. The molecule has 2 amide bonds. The highest BCUT2D eigenvalue weighted by molar-refractivity contribution is 6.35. The van der Waals surface area contributed by atoms with Crippen LogP contribution in [0.4, 0.5) is 0 Å². The lowest BCUT2D eigenvalue weighted by molar-refractivity contribution is -0.140. The fraction of sp³-hybridized carbons (Fsp3) is 0.417. The molecule has 0 aliphatic heterocycles. The predicted molar refractivity (Wildman–Crippen MR) is 126 cm³/mol. The molecule has 1 unspecified atom stereocenters. The molecule has 7 heteroatoms. The first-order valence-electron chi connectivity index (χ1n) is 10.5. The van der Waals surface area contributed by atoms with Crippen LogP contribution in [-0.2, 0) is 16.1 Å². The first kappa shape index (κ1) is 25.0. The second-order valence-electron chi connectivity index (χ2n) is 7.49. The van der Waals surface area contributed by atoms with Gasteiger partial charge in [0.15, 0.2) is 0 Å². The van der Waals surface area contributed by atoms with Gasteiger partial charge in [0.25, 0.3) is 0 Å². The third-order valence-corrected chi connectivity index (χ3v) is 5.48. The summed E-state index contributed by atoms with van der Waals surface area (Å²) >= 11 is 12.3. The Balaban J connectivity index is 2.02. The van der Waals surface area contributed by atoms with Crippen LogP contribution < -0.4 is 10.1 Å². The van der Waals surface area contributed by atoms with Gasteiger partial charge in [-0.2, -0.15) is 0 Å². The maximum atomic E-state index is 13.0. The van der Waals surface area contributed by atoms with E-state index in [1.54, 1.807) is 30.0 Å². The van der Waals surface area contributed by atoms with Gasteiger partial charge in [-0.05, 0) is 56.5 Å². The number of benzene rings is 2. The van der Waals surface area contributed by atoms with E-state index in [-0.39, 0.29) is 24.8 Å². The van der Waals surface area contributed by atoms with Crippen LogP contribution in [0.1, 0.15) is 44.2 Å². The maximum absolute atomic E-state index is 13.0. The van der Waals surface area contributed by atoms with Crippen molar-refractivity contribution in [2.75, 3.05) is 13.2 Å². The second-order valence-corrected chi connectivity index (χ2v) is 8.33. The molecule has 0 radical (unpaired) electrons. The van der Waals surface area contributed by atoms with E-state index in [4.69, 9.17) is 27.9 Å². The topological polar surface area (TPSA) is 58.6 Å². The Morgan fingerprint density at radius 3 is 2.48 bits per heavy atom. The van der Waals surface area contributed by atoms with Crippen molar-refractivity contribution in [2.24, 2.45) is 0 Å². The first-order valence-corrected chi connectivity index (χ1v) is 11.3. The monoisotopic (exact) mass is 464 g/mol. The van der Waals surface area contributed by atoms with Crippen molar-refractivity contribution in [1.29, 1.82) is 0 Å². The Bertz CT molecular complexity index is 872. The molecule has 0 aliphatic carbocycles. The quantitative estimate of drug-likeness (QED) is 0.452. The number of amides is 2. The zero-order valence-electron chi connectivity index (χ0n) is 18.3. The number of ether oxygens (including phenoxy) is 1. The van der Waals surface area contributed by atoms with Crippen molar-refractivity contribution in [3.63, 3.8) is 0 Å². The molecule has 0 saturated carbocycles. The number of aryl methyl sites for hydroxylation is 1. The van der Waals surface area contributed by atoms with Crippen molar-refractivity contribution in [3.8, 4) is 5.75 Å². The average Bonchev–Trinajstić information content (AvgIpc) is 2.75. The van der Waals surface area contributed by atoms with E-state index in [2.05, 4.69) is 5.32 Å². The molecule has 0 aliphatic rings. The smallest absolute Gasteiger partial charge is 0.242 e. The van der Waals surface area contributed by atoms with Crippen LogP contribution in [0.25, 0.3) is 0 Å². The lowest BCUT2D eigenvalue weighted by Crippen LogP contribution is -2.47.